The van der Waals surface area contributed by atoms with Crippen LogP contribution in [0.4, 0.5) is 5.69 Å². The smallest absolute Gasteiger partial charge is 0.357 e. The first-order chi connectivity index (χ1) is 15.6. The minimum Gasteiger partial charge on any atom is -0.483 e. The first-order valence-electron chi connectivity index (χ1n) is 11.3. The van der Waals surface area contributed by atoms with Crippen molar-refractivity contribution in [3.8, 4) is 0 Å². The third-order valence-electron chi connectivity index (χ3n) is 6.53. The Balaban J connectivity index is 1.46. The molecule has 168 valence electrons. The third-order valence-corrected chi connectivity index (χ3v) is 6.53. The van der Waals surface area contributed by atoms with E-state index in [0.717, 1.165) is 44.2 Å². The van der Waals surface area contributed by atoms with Crippen LogP contribution in [0.25, 0.3) is 0 Å². The lowest BCUT2D eigenvalue weighted by Crippen LogP contribution is -2.46. The highest BCUT2D eigenvalue weighted by molar-refractivity contribution is 6.03. The zero-order valence-electron chi connectivity index (χ0n) is 18.6. The fourth-order valence-electron chi connectivity index (χ4n) is 4.94. The zero-order valence-corrected chi connectivity index (χ0v) is 18.6. The molecule has 0 saturated heterocycles. The van der Waals surface area contributed by atoms with Crippen LogP contribution in [0.5, 0.6) is 0 Å². The van der Waals surface area contributed by atoms with Gasteiger partial charge in [0.15, 0.2) is 0 Å². The maximum atomic E-state index is 13.1. The molecule has 0 spiro atoms. The Kier molecular flexibility index (Phi) is 5.45. The van der Waals surface area contributed by atoms with Gasteiger partial charge in [-0.25, -0.2) is 14.8 Å². The molecule has 1 unspecified atom stereocenters. The maximum Gasteiger partial charge on any atom is 0.357 e. The van der Waals surface area contributed by atoms with Crippen LogP contribution in [-0.2, 0) is 44.7 Å². The van der Waals surface area contributed by atoms with Crippen LogP contribution in [0.1, 0.15) is 42.0 Å². The fraction of sp³-hybridized carbons (Fsp3) is 0.500. The number of fused-ring (bicyclic) bond motifs is 2. The summed E-state index contributed by atoms with van der Waals surface area (Å²) in [6.45, 7) is 2.40. The molecule has 1 aromatic rings. The van der Waals surface area contributed by atoms with Gasteiger partial charge in [-0.2, -0.15) is 0 Å². The summed E-state index contributed by atoms with van der Waals surface area (Å²) in [6, 6.07) is 2.72. The number of aryl methyl sites for hydroxylation is 2. The van der Waals surface area contributed by atoms with Crippen LogP contribution in [-0.4, -0.2) is 56.5 Å². The van der Waals surface area contributed by atoms with Crippen molar-refractivity contribution < 1.29 is 19.0 Å². The second-order valence-corrected chi connectivity index (χ2v) is 8.41. The molecular weight excluding hydrogens is 408 g/mol. The number of ether oxygens (including phenoxy) is 3. The quantitative estimate of drug-likeness (QED) is 0.733. The SMILES string of the molecule is CCOC(=O)C1(C2=CN=C(OC)CN=C2)CN=C(Nc2c3c(cc4c2CCC4)CCC3)O1. The summed E-state index contributed by atoms with van der Waals surface area (Å²) in [7, 11) is 1.54. The number of carbonyl (C=O) groups excluding carboxylic acids is 1. The summed E-state index contributed by atoms with van der Waals surface area (Å²) in [5, 5.41) is 3.46. The van der Waals surface area contributed by atoms with Crippen molar-refractivity contribution in [2.24, 2.45) is 15.0 Å². The molecule has 2 aliphatic heterocycles. The molecule has 0 radical (unpaired) electrons. The monoisotopic (exact) mass is 436 g/mol. The van der Waals surface area contributed by atoms with Crippen LogP contribution >= 0.6 is 0 Å². The van der Waals surface area contributed by atoms with Gasteiger partial charge >= 0.3 is 5.97 Å². The van der Waals surface area contributed by atoms with Crippen molar-refractivity contribution in [3.63, 3.8) is 0 Å². The van der Waals surface area contributed by atoms with E-state index in [0.29, 0.717) is 24.0 Å². The molecule has 8 heteroatoms. The number of nitrogens with zero attached hydrogens (tertiary/aromatic N) is 3. The second-order valence-electron chi connectivity index (χ2n) is 8.41. The number of nitrogens with one attached hydrogen (secondary N) is 1. The Morgan fingerprint density at radius 3 is 2.62 bits per heavy atom. The van der Waals surface area contributed by atoms with Gasteiger partial charge in [0.1, 0.15) is 6.54 Å². The molecule has 5 rings (SSSR count). The first kappa shape index (κ1) is 20.7. The van der Waals surface area contributed by atoms with Crippen molar-refractivity contribution >= 4 is 29.8 Å². The van der Waals surface area contributed by atoms with Gasteiger partial charge in [0.25, 0.3) is 11.6 Å². The van der Waals surface area contributed by atoms with E-state index in [1.54, 1.807) is 26.4 Å². The molecule has 0 fully saturated rings. The van der Waals surface area contributed by atoms with Gasteiger partial charge in [-0.3, -0.25) is 4.99 Å². The van der Waals surface area contributed by atoms with Crippen molar-refractivity contribution in [3.05, 3.63) is 40.1 Å². The molecule has 0 saturated carbocycles. The van der Waals surface area contributed by atoms with E-state index in [2.05, 4.69) is 26.4 Å². The maximum absolute atomic E-state index is 13.1. The van der Waals surface area contributed by atoms with E-state index in [-0.39, 0.29) is 13.2 Å². The number of esters is 1. The normalized spacial score (nSPS) is 23.4. The van der Waals surface area contributed by atoms with E-state index >= 15 is 0 Å². The van der Waals surface area contributed by atoms with Crippen LogP contribution in [0, 0.1) is 0 Å². The van der Waals surface area contributed by atoms with Gasteiger partial charge in [-0.15, -0.1) is 0 Å². The van der Waals surface area contributed by atoms with Gasteiger partial charge in [-0.1, -0.05) is 6.07 Å². The van der Waals surface area contributed by atoms with Crippen LogP contribution in [0.3, 0.4) is 0 Å². The zero-order chi connectivity index (χ0) is 22.1. The second kappa shape index (κ2) is 8.41. The number of amidine groups is 1. The van der Waals surface area contributed by atoms with E-state index < -0.39 is 11.6 Å². The Hall–Kier alpha value is -3.16. The number of anilines is 1. The average Bonchev–Trinajstić information content (AvgIpc) is 3.51. The molecule has 0 amide bonds. The van der Waals surface area contributed by atoms with Crippen LogP contribution in [0.2, 0.25) is 0 Å². The molecule has 1 N–H and O–H groups in total. The van der Waals surface area contributed by atoms with Crippen molar-refractivity contribution in [1.82, 2.24) is 0 Å². The lowest BCUT2D eigenvalue weighted by molar-refractivity contribution is -0.156. The Labute approximate surface area is 187 Å². The van der Waals surface area contributed by atoms with E-state index in [4.69, 9.17) is 14.2 Å². The van der Waals surface area contributed by atoms with E-state index in [1.165, 1.54) is 22.3 Å². The van der Waals surface area contributed by atoms with E-state index in [9.17, 15) is 4.79 Å². The predicted octanol–water partition coefficient (Wildman–Crippen LogP) is 2.78. The summed E-state index contributed by atoms with van der Waals surface area (Å²) < 4.78 is 16.8. The van der Waals surface area contributed by atoms with Crippen molar-refractivity contribution in [2.75, 3.05) is 32.1 Å². The minimum atomic E-state index is -1.42. The third kappa shape index (κ3) is 3.47. The Morgan fingerprint density at radius 2 is 1.94 bits per heavy atom. The number of methoxy groups -OCH3 is 1. The van der Waals surface area contributed by atoms with Gasteiger partial charge in [0.05, 0.1) is 20.3 Å². The van der Waals surface area contributed by atoms with Gasteiger partial charge in [0.2, 0.25) is 5.90 Å². The lowest BCUT2D eigenvalue weighted by Gasteiger charge is -2.26. The molecule has 2 heterocycles. The highest BCUT2D eigenvalue weighted by Gasteiger charge is 2.50. The van der Waals surface area contributed by atoms with Gasteiger partial charge < -0.3 is 19.5 Å². The van der Waals surface area contributed by atoms with Crippen LogP contribution < -0.4 is 5.32 Å². The van der Waals surface area contributed by atoms with E-state index in [1.807, 2.05) is 0 Å². The van der Waals surface area contributed by atoms with Gasteiger partial charge in [-0.05, 0) is 67.7 Å². The summed E-state index contributed by atoms with van der Waals surface area (Å²) in [6.07, 6.45) is 9.81. The topological polar surface area (TPSA) is 93.9 Å². The number of carbonyl (C=O) groups is 1. The average molecular weight is 437 g/mol. The molecule has 0 aromatic heterocycles. The molecule has 1 atom stereocenters. The molecule has 4 aliphatic rings. The summed E-state index contributed by atoms with van der Waals surface area (Å²) in [4.78, 5) is 26.3. The number of hydrogen-bond acceptors (Lipinski definition) is 8. The lowest BCUT2D eigenvalue weighted by atomic mass is 9.95. The highest BCUT2D eigenvalue weighted by Crippen LogP contribution is 2.39. The summed E-state index contributed by atoms with van der Waals surface area (Å²) in [5.74, 6) is -0.0410. The molecule has 8 nitrogen and oxygen atoms in total. The van der Waals surface area contributed by atoms with Crippen molar-refractivity contribution in [2.45, 2.75) is 51.0 Å². The molecule has 0 bridgehead atoms. The number of aliphatic imine (C=N–C) groups is 3. The number of benzene rings is 1. The first-order valence-corrected chi connectivity index (χ1v) is 11.3. The highest BCUT2D eigenvalue weighted by atomic mass is 16.6. The largest absolute Gasteiger partial charge is 0.483 e. The molecular formula is C24H28N4O4. The Morgan fingerprint density at radius 1 is 1.19 bits per heavy atom. The molecule has 32 heavy (non-hydrogen) atoms. The van der Waals surface area contributed by atoms with Gasteiger partial charge in [0, 0.05) is 23.7 Å². The number of hydrogen-bond donors (Lipinski definition) is 1. The fourth-order valence-corrected chi connectivity index (χ4v) is 4.94. The molecule has 2 aliphatic carbocycles. The summed E-state index contributed by atoms with van der Waals surface area (Å²) >= 11 is 0. The Bertz CT molecular complexity index is 1040. The number of rotatable bonds is 4. The van der Waals surface area contributed by atoms with Crippen molar-refractivity contribution in [1.29, 1.82) is 0 Å². The van der Waals surface area contributed by atoms with Crippen LogP contribution in [0.15, 0.2) is 32.8 Å². The summed E-state index contributed by atoms with van der Waals surface area (Å²) in [5.41, 5.74) is 5.74. The predicted molar refractivity (Wildman–Crippen MR) is 123 cm³/mol. The molecule has 1 aromatic carbocycles. The standard InChI is InChI=1S/C24H28N4O4/c1-3-31-22(29)24(17-11-25-13-20(30-2)26-12-17)14-27-23(32-24)28-21-18-8-4-6-15(18)10-16-7-5-9-19(16)21/h10-12H,3-9,13-14H2,1-2H3,(H,27,28). The minimum absolute atomic E-state index is 0.0983.